The van der Waals surface area contributed by atoms with Gasteiger partial charge in [0, 0.05) is 18.8 Å². The Bertz CT molecular complexity index is 166. The van der Waals surface area contributed by atoms with Crippen molar-refractivity contribution < 1.29 is 9.59 Å². The van der Waals surface area contributed by atoms with Crippen molar-refractivity contribution in [1.29, 1.82) is 0 Å². The minimum Gasteiger partial charge on any atom is -0.369 e. The maximum atomic E-state index is 10.8. The van der Waals surface area contributed by atoms with Gasteiger partial charge in [-0.2, -0.15) is 0 Å². The molecule has 0 spiro atoms. The summed E-state index contributed by atoms with van der Waals surface area (Å²) >= 11 is 0. The molecule has 0 aliphatic carbocycles. The van der Waals surface area contributed by atoms with E-state index < -0.39 is 0 Å². The van der Waals surface area contributed by atoms with E-state index in [0.717, 1.165) is 12.8 Å². The molecule has 70 valence electrons. The van der Waals surface area contributed by atoms with Gasteiger partial charge in [-0.1, -0.05) is 13.8 Å². The van der Waals surface area contributed by atoms with Crippen LogP contribution in [-0.4, -0.2) is 11.7 Å². The normalized spacial score (nSPS) is 12.5. The highest BCUT2D eigenvalue weighted by Gasteiger charge is 2.08. The van der Waals surface area contributed by atoms with Crippen LogP contribution in [0.25, 0.3) is 0 Å². The first-order chi connectivity index (χ1) is 5.57. The summed E-state index contributed by atoms with van der Waals surface area (Å²) in [5, 5.41) is 0. The molecular weight excluding hydrogens is 154 g/mol. The Morgan fingerprint density at radius 2 is 2.00 bits per heavy atom. The van der Waals surface area contributed by atoms with Gasteiger partial charge in [0.15, 0.2) is 0 Å². The maximum Gasteiger partial charge on any atom is 0.220 e. The summed E-state index contributed by atoms with van der Waals surface area (Å²) in [6.45, 7) is 3.64. The molecule has 2 N–H and O–H groups in total. The highest BCUT2D eigenvalue weighted by Crippen LogP contribution is 2.07. The molecule has 0 aromatic heterocycles. The molecule has 0 aliphatic heterocycles. The Morgan fingerprint density at radius 1 is 1.42 bits per heavy atom. The largest absolute Gasteiger partial charge is 0.369 e. The third-order valence-corrected chi connectivity index (χ3v) is 1.97. The fourth-order valence-corrected chi connectivity index (χ4v) is 0.924. The topological polar surface area (TPSA) is 60.2 Å². The number of primary amides is 1. The average molecular weight is 171 g/mol. The molecule has 1 atom stereocenters. The van der Waals surface area contributed by atoms with Crippen LogP contribution in [-0.2, 0) is 9.59 Å². The van der Waals surface area contributed by atoms with Crippen LogP contribution < -0.4 is 5.73 Å². The van der Waals surface area contributed by atoms with E-state index in [0.29, 0.717) is 12.8 Å². The number of Topliss-reactive ketones (excluding diaryl/α,β-unsaturated/α-hetero) is 1. The van der Waals surface area contributed by atoms with Gasteiger partial charge in [0.25, 0.3) is 0 Å². The van der Waals surface area contributed by atoms with Crippen LogP contribution in [0.2, 0.25) is 0 Å². The molecule has 1 unspecified atom stereocenters. The molecular formula is C9H17NO2. The molecule has 0 aromatic carbocycles. The Hall–Kier alpha value is -0.860. The third-order valence-electron chi connectivity index (χ3n) is 1.97. The third kappa shape index (κ3) is 4.88. The predicted molar refractivity (Wildman–Crippen MR) is 47.5 cm³/mol. The van der Waals surface area contributed by atoms with Gasteiger partial charge in [-0.15, -0.1) is 0 Å². The van der Waals surface area contributed by atoms with Crippen molar-refractivity contribution in [3.63, 3.8) is 0 Å². The SMILES string of the molecule is CCC(=O)CCCC(C)C(N)=O. The zero-order chi connectivity index (χ0) is 9.56. The van der Waals surface area contributed by atoms with Crippen molar-refractivity contribution in [2.75, 3.05) is 0 Å². The smallest absolute Gasteiger partial charge is 0.220 e. The molecule has 12 heavy (non-hydrogen) atoms. The zero-order valence-corrected chi connectivity index (χ0v) is 7.80. The molecule has 0 aromatic rings. The molecule has 0 saturated heterocycles. The Morgan fingerprint density at radius 3 is 2.42 bits per heavy atom. The molecule has 0 aliphatic rings. The van der Waals surface area contributed by atoms with Crippen LogP contribution in [0.1, 0.15) is 39.5 Å². The lowest BCUT2D eigenvalue weighted by Crippen LogP contribution is -2.20. The van der Waals surface area contributed by atoms with Crippen molar-refractivity contribution >= 4 is 11.7 Å². The van der Waals surface area contributed by atoms with E-state index in [9.17, 15) is 9.59 Å². The van der Waals surface area contributed by atoms with Gasteiger partial charge < -0.3 is 5.73 Å². The van der Waals surface area contributed by atoms with Gasteiger partial charge in [0.2, 0.25) is 5.91 Å². The number of amides is 1. The average Bonchev–Trinajstić information content (AvgIpc) is 2.03. The number of hydrogen-bond donors (Lipinski definition) is 1. The lowest BCUT2D eigenvalue weighted by Gasteiger charge is -2.04. The minimum absolute atomic E-state index is 0.102. The first kappa shape index (κ1) is 11.1. The van der Waals surface area contributed by atoms with Crippen molar-refractivity contribution in [3.8, 4) is 0 Å². The molecule has 0 radical (unpaired) electrons. The molecule has 0 bridgehead atoms. The fourth-order valence-electron chi connectivity index (χ4n) is 0.924. The number of ketones is 1. The van der Waals surface area contributed by atoms with E-state index in [1.165, 1.54) is 0 Å². The van der Waals surface area contributed by atoms with Crippen LogP contribution in [0.15, 0.2) is 0 Å². The van der Waals surface area contributed by atoms with Gasteiger partial charge in [0.05, 0.1) is 0 Å². The van der Waals surface area contributed by atoms with Crippen LogP contribution in [0.4, 0.5) is 0 Å². The summed E-state index contributed by atoms with van der Waals surface area (Å²) < 4.78 is 0. The molecule has 1 amide bonds. The summed E-state index contributed by atoms with van der Waals surface area (Å²) in [5.74, 6) is -0.125. The molecule has 0 heterocycles. The highest BCUT2D eigenvalue weighted by molar-refractivity contribution is 5.78. The van der Waals surface area contributed by atoms with E-state index in [1.807, 2.05) is 6.92 Å². The summed E-state index contributed by atoms with van der Waals surface area (Å²) in [6.07, 6.45) is 2.66. The Labute approximate surface area is 73.3 Å². The van der Waals surface area contributed by atoms with Crippen LogP contribution in [0, 0.1) is 5.92 Å². The van der Waals surface area contributed by atoms with E-state index in [-0.39, 0.29) is 17.6 Å². The van der Waals surface area contributed by atoms with Crippen molar-refractivity contribution in [1.82, 2.24) is 0 Å². The first-order valence-electron chi connectivity index (χ1n) is 4.39. The second kappa shape index (κ2) is 5.75. The van der Waals surface area contributed by atoms with Gasteiger partial charge in [-0.05, 0) is 12.8 Å². The zero-order valence-electron chi connectivity index (χ0n) is 7.80. The fraction of sp³-hybridized carbons (Fsp3) is 0.778. The number of carbonyl (C=O) groups is 2. The Balaban J connectivity index is 3.43. The van der Waals surface area contributed by atoms with Crippen LogP contribution in [0.3, 0.4) is 0 Å². The summed E-state index contributed by atoms with van der Waals surface area (Å²) in [7, 11) is 0. The summed E-state index contributed by atoms with van der Waals surface area (Å²) in [4.78, 5) is 21.4. The first-order valence-corrected chi connectivity index (χ1v) is 4.39. The van der Waals surface area contributed by atoms with Crippen LogP contribution in [0.5, 0.6) is 0 Å². The quantitative estimate of drug-likeness (QED) is 0.654. The van der Waals surface area contributed by atoms with Gasteiger partial charge in [-0.25, -0.2) is 0 Å². The second-order valence-corrected chi connectivity index (χ2v) is 3.09. The van der Waals surface area contributed by atoms with Gasteiger partial charge >= 0.3 is 0 Å². The van der Waals surface area contributed by atoms with E-state index in [1.54, 1.807) is 6.92 Å². The standard InChI is InChI=1S/C9H17NO2/c1-3-8(11)6-4-5-7(2)9(10)12/h7H,3-6H2,1-2H3,(H2,10,12). The molecule has 0 saturated carbocycles. The summed E-state index contributed by atoms with van der Waals surface area (Å²) in [6, 6.07) is 0. The Kier molecular flexibility index (Phi) is 5.34. The minimum atomic E-state index is -0.279. The van der Waals surface area contributed by atoms with Crippen molar-refractivity contribution in [2.45, 2.75) is 39.5 Å². The molecule has 3 nitrogen and oxygen atoms in total. The van der Waals surface area contributed by atoms with E-state index in [4.69, 9.17) is 5.73 Å². The summed E-state index contributed by atoms with van der Waals surface area (Å²) in [5.41, 5.74) is 5.06. The molecule has 0 fully saturated rings. The predicted octanol–water partition coefficient (Wildman–Crippen LogP) is 1.26. The number of nitrogens with two attached hydrogens (primary N) is 1. The van der Waals surface area contributed by atoms with Crippen LogP contribution >= 0.6 is 0 Å². The highest BCUT2D eigenvalue weighted by atomic mass is 16.1. The number of hydrogen-bond acceptors (Lipinski definition) is 2. The van der Waals surface area contributed by atoms with Crippen molar-refractivity contribution in [2.24, 2.45) is 11.7 Å². The monoisotopic (exact) mass is 171 g/mol. The van der Waals surface area contributed by atoms with Gasteiger partial charge in [0.1, 0.15) is 5.78 Å². The molecule has 0 rings (SSSR count). The number of carbonyl (C=O) groups excluding carboxylic acids is 2. The van der Waals surface area contributed by atoms with E-state index in [2.05, 4.69) is 0 Å². The molecule has 3 heteroatoms. The maximum absolute atomic E-state index is 10.8. The lowest BCUT2D eigenvalue weighted by molar-refractivity contribution is -0.122. The van der Waals surface area contributed by atoms with E-state index >= 15 is 0 Å². The van der Waals surface area contributed by atoms with Crippen molar-refractivity contribution in [3.05, 3.63) is 0 Å². The van der Waals surface area contributed by atoms with Gasteiger partial charge in [-0.3, -0.25) is 9.59 Å². The number of rotatable bonds is 6. The second-order valence-electron chi connectivity index (χ2n) is 3.09. The lowest BCUT2D eigenvalue weighted by atomic mass is 10.0.